The van der Waals surface area contributed by atoms with Crippen molar-refractivity contribution in [2.24, 2.45) is 0 Å². The molecule has 1 saturated heterocycles. The van der Waals surface area contributed by atoms with Crippen LogP contribution in [-0.4, -0.2) is 35.2 Å². The molecule has 1 aliphatic heterocycles. The Kier molecular flexibility index (Phi) is 4.61. The zero-order chi connectivity index (χ0) is 15.6. The zero-order valence-corrected chi connectivity index (χ0v) is 13.8. The van der Waals surface area contributed by atoms with Gasteiger partial charge in [0.1, 0.15) is 0 Å². The zero-order valence-electron chi connectivity index (χ0n) is 13.0. The Morgan fingerprint density at radius 2 is 1.90 bits per heavy atom. The summed E-state index contributed by atoms with van der Waals surface area (Å²) in [6, 6.07) is 8.00. The van der Waals surface area contributed by atoms with Crippen molar-refractivity contribution in [3.63, 3.8) is 0 Å². The SMILES string of the molecule is CC(Sc1ccc(C(C)(C)C)cc1)C(=O)N1CCNC1=O. The third-order valence-electron chi connectivity index (χ3n) is 3.50. The van der Waals surface area contributed by atoms with E-state index in [1.165, 1.54) is 22.2 Å². The minimum atomic E-state index is -0.282. The summed E-state index contributed by atoms with van der Waals surface area (Å²) in [7, 11) is 0. The molecule has 1 unspecified atom stereocenters. The fourth-order valence-corrected chi connectivity index (χ4v) is 3.12. The van der Waals surface area contributed by atoms with Gasteiger partial charge in [-0.1, -0.05) is 32.9 Å². The molecule has 1 N–H and O–H groups in total. The van der Waals surface area contributed by atoms with E-state index in [2.05, 4.69) is 38.2 Å². The number of carbonyl (C=O) groups is 2. The first kappa shape index (κ1) is 15.9. The highest BCUT2D eigenvalue weighted by Crippen LogP contribution is 2.28. The van der Waals surface area contributed by atoms with Gasteiger partial charge in [0.2, 0.25) is 5.91 Å². The second-order valence-electron chi connectivity index (χ2n) is 6.26. The Labute approximate surface area is 130 Å². The summed E-state index contributed by atoms with van der Waals surface area (Å²) in [6.07, 6.45) is 0. The van der Waals surface area contributed by atoms with Crippen molar-refractivity contribution < 1.29 is 9.59 Å². The summed E-state index contributed by atoms with van der Waals surface area (Å²) in [4.78, 5) is 26.1. The molecule has 2 rings (SSSR count). The standard InChI is InChI=1S/C16H22N2O2S/c1-11(14(19)18-10-9-17-15(18)20)21-13-7-5-12(6-8-13)16(2,3)4/h5-8,11H,9-10H2,1-4H3,(H,17,20). The molecule has 21 heavy (non-hydrogen) atoms. The number of nitrogens with one attached hydrogen (secondary N) is 1. The van der Waals surface area contributed by atoms with E-state index in [0.29, 0.717) is 13.1 Å². The largest absolute Gasteiger partial charge is 0.336 e. The predicted octanol–water partition coefficient (Wildman–Crippen LogP) is 3.02. The number of nitrogens with zero attached hydrogens (tertiary/aromatic N) is 1. The van der Waals surface area contributed by atoms with E-state index in [1.54, 1.807) is 0 Å². The Hall–Kier alpha value is -1.49. The highest BCUT2D eigenvalue weighted by molar-refractivity contribution is 8.00. The van der Waals surface area contributed by atoms with Crippen LogP contribution in [-0.2, 0) is 10.2 Å². The molecule has 1 heterocycles. The summed E-state index contributed by atoms with van der Waals surface area (Å²) in [6.45, 7) is 9.37. The molecule has 0 spiro atoms. The van der Waals surface area contributed by atoms with Crippen LogP contribution in [0.3, 0.4) is 0 Å². The van der Waals surface area contributed by atoms with Crippen LogP contribution in [0.5, 0.6) is 0 Å². The maximum absolute atomic E-state index is 12.2. The number of carbonyl (C=O) groups excluding carboxylic acids is 2. The maximum atomic E-state index is 12.2. The third-order valence-corrected chi connectivity index (χ3v) is 4.60. The maximum Gasteiger partial charge on any atom is 0.324 e. The van der Waals surface area contributed by atoms with Crippen LogP contribution in [0.2, 0.25) is 0 Å². The number of urea groups is 1. The summed E-state index contributed by atoms with van der Waals surface area (Å²) < 4.78 is 0. The molecule has 4 nitrogen and oxygen atoms in total. The molecule has 0 aromatic heterocycles. The van der Waals surface area contributed by atoms with Crippen molar-refractivity contribution in [1.29, 1.82) is 0 Å². The minimum Gasteiger partial charge on any atom is -0.336 e. The first-order valence-electron chi connectivity index (χ1n) is 7.15. The minimum absolute atomic E-state index is 0.123. The van der Waals surface area contributed by atoms with Gasteiger partial charge in [-0.15, -0.1) is 11.8 Å². The normalized spacial score (nSPS) is 16.8. The molecule has 1 aliphatic rings. The van der Waals surface area contributed by atoms with Gasteiger partial charge in [-0.3, -0.25) is 9.69 Å². The molecule has 0 radical (unpaired) electrons. The molecule has 114 valence electrons. The smallest absolute Gasteiger partial charge is 0.324 e. The van der Waals surface area contributed by atoms with Gasteiger partial charge in [-0.05, 0) is 30.0 Å². The monoisotopic (exact) mass is 306 g/mol. The number of hydrogen-bond donors (Lipinski definition) is 1. The van der Waals surface area contributed by atoms with Crippen molar-refractivity contribution in [2.45, 2.75) is 43.3 Å². The van der Waals surface area contributed by atoms with Crippen LogP contribution < -0.4 is 5.32 Å². The van der Waals surface area contributed by atoms with Gasteiger partial charge >= 0.3 is 6.03 Å². The molecule has 3 amide bonds. The molecule has 1 aromatic rings. The summed E-state index contributed by atoms with van der Waals surface area (Å²) in [5.41, 5.74) is 1.39. The molecule has 0 aliphatic carbocycles. The van der Waals surface area contributed by atoms with Gasteiger partial charge in [0, 0.05) is 18.0 Å². The number of rotatable bonds is 3. The number of hydrogen-bond acceptors (Lipinski definition) is 3. The predicted molar refractivity (Wildman–Crippen MR) is 85.6 cm³/mol. The van der Waals surface area contributed by atoms with E-state index < -0.39 is 0 Å². The molecule has 0 bridgehead atoms. The lowest BCUT2D eigenvalue weighted by Crippen LogP contribution is -2.38. The fourth-order valence-electron chi connectivity index (χ4n) is 2.19. The summed E-state index contributed by atoms with van der Waals surface area (Å²) in [5.74, 6) is -0.130. The van der Waals surface area contributed by atoms with Crippen LogP contribution in [0, 0.1) is 0 Å². The average Bonchev–Trinajstić information content (AvgIpc) is 2.83. The van der Waals surface area contributed by atoms with Crippen LogP contribution in [0.4, 0.5) is 4.79 Å². The van der Waals surface area contributed by atoms with Crippen LogP contribution in [0.25, 0.3) is 0 Å². The first-order valence-corrected chi connectivity index (χ1v) is 8.03. The number of amides is 3. The quantitative estimate of drug-likeness (QED) is 0.873. The average molecular weight is 306 g/mol. The topological polar surface area (TPSA) is 49.4 Å². The second-order valence-corrected chi connectivity index (χ2v) is 7.67. The molecule has 1 fully saturated rings. The van der Waals surface area contributed by atoms with Crippen molar-refractivity contribution >= 4 is 23.7 Å². The Bertz CT molecular complexity index is 534. The fraction of sp³-hybridized carbons (Fsp3) is 0.500. The number of benzene rings is 1. The van der Waals surface area contributed by atoms with E-state index in [9.17, 15) is 9.59 Å². The second kappa shape index (κ2) is 6.10. The van der Waals surface area contributed by atoms with Gasteiger partial charge in [-0.2, -0.15) is 0 Å². The molecular formula is C16H22N2O2S. The van der Waals surface area contributed by atoms with Crippen LogP contribution in [0.1, 0.15) is 33.3 Å². The Morgan fingerprint density at radius 1 is 1.29 bits per heavy atom. The van der Waals surface area contributed by atoms with E-state index in [1.807, 2.05) is 19.1 Å². The lowest BCUT2D eigenvalue weighted by Gasteiger charge is -2.20. The lowest BCUT2D eigenvalue weighted by molar-refractivity contribution is -0.126. The van der Waals surface area contributed by atoms with Gasteiger partial charge in [0.15, 0.2) is 0 Å². The Morgan fingerprint density at radius 3 is 2.38 bits per heavy atom. The van der Waals surface area contributed by atoms with Crippen molar-refractivity contribution in [1.82, 2.24) is 10.2 Å². The van der Waals surface area contributed by atoms with E-state index >= 15 is 0 Å². The van der Waals surface area contributed by atoms with Crippen molar-refractivity contribution in [3.8, 4) is 0 Å². The molecule has 1 aromatic carbocycles. The number of imide groups is 1. The van der Waals surface area contributed by atoms with Gasteiger partial charge in [0.25, 0.3) is 0 Å². The molecule has 0 saturated carbocycles. The highest BCUT2D eigenvalue weighted by Gasteiger charge is 2.30. The molecule has 1 atom stereocenters. The first-order chi connectivity index (χ1) is 9.79. The van der Waals surface area contributed by atoms with Crippen LogP contribution in [0.15, 0.2) is 29.2 Å². The van der Waals surface area contributed by atoms with Gasteiger partial charge in [0.05, 0.1) is 5.25 Å². The van der Waals surface area contributed by atoms with Crippen molar-refractivity contribution in [2.75, 3.05) is 13.1 Å². The van der Waals surface area contributed by atoms with Crippen LogP contribution >= 0.6 is 11.8 Å². The van der Waals surface area contributed by atoms with E-state index in [-0.39, 0.29) is 22.6 Å². The summed E-state index contributed by atoms with van der Waals surface area (Å²) >= 11 is 1.49. The lowest BCUT2D eigenvalue weighted by atomic mass is 9.87. The van der Waals surface area contributed by atoms with E-state index in [4.69, 9.17) is 0 Å². The third kappa shape index (κ3) is 3.79. The highest BCUT2D eigenvalue weighted by atomic mass is 32.2. The number of thioether (sulfide) groups is 1. The van der Waals surface area contributed by atoms with Gasteiger partial charge < -0.3 is 5.32 Å². The Balaban J connectivity index is 2.01. The molecular weight excluding hydrogens is 284 g/mol. The summed E-state index contributed by atoms with van der Waals surface area (Å²) in [5, 5.41) is 2.38. The van der Waals surface area contributed by atoms with E-state index in [0.717, 1.165) is 4.90 Å². The molecule has 5 heteroatoms. The van der Waals surface area contributed by atoms with Crippen molar-refractivity contribution in [3.05, 3.63) is 29.8 Å². The van der Waals surface area contributed by atoms with Gasteiger partial charge in [-0.25, -0.2) is 4.79 Å².